The molecule has 1 N–H and O–H groups in total. The molecule has 2 aromatic rings. The van der Waals surface area contributed by atoms with Crippen LogP contribution in [-0.2, 0) is 4.79 Å². The highest BCUT2D eigenvalue weighted by Gasteiger charge is 2.27. The molecule has 4 rings (SSSR count). The summed E-state index contributed by atoms with van der Waals surface area (Å²) in [5.74, 6) is 1.43. The van der Waals surface area contributed by atoms with Gasteiger partial charge in [0, 0.05) is 39.1 Å². The number of amides is 1. The maximum Gasteiger partial charge on any atom is 0.227 e. The fourth-order valence-electron chi connectivity index (χ4n) is 4.04. The van der Waals surface area contributed by atoms with Gasteiger partial charge in [-0.2, -0.15) is 4.98 Å². The van der Waals surface area contributed by atoms with E-state index >= 15 is 0 Å². The van der Waals surface area contributed by atoms with E-state index in [9.17, 15) is 9.18 Å². The SMILES string of the molecule is CC(C(=O)NC1CCC1)c1ccc(OC[C@@H]2CCN(c3nc(N(C)C)ncc3F)C2)cc1. The molecule has 172 valence electrons. The smallest absolute Gasteiger partial charge is 0.227 e. The average molecular weight is 442 g/mol. The second-order valence-electron chi connectivity index (χ2n) is 9.07. The predicted molar refractivity (Wildman–Crippen MR) is 123 cm³/mol. The number of carbonyl (C=O) groups is 1. The fraction of sp³-hybridized carbons (Fsp3) is 0.542. The Kier molecular flexibility index (Phi) is 6.77. The van der Waals surface area contributed by atoms with Crippen molar-refractivity contribution in [1.82, 2.24) is 15.3 Å². The third kappa shape index (κ3) is 5.11. The zero-order valence-corrected chi connectivity index (χ0v) is 19.1. The lowest BCUT2D eigenvalue weighted by Crippen LogP contribution is -2.41. The monoisotopic (exact) mass is 441 g/mol. The molecule has 2 atom stereocenters. The van der Waals surface area contributed by atoms with Crippen LogP contribution in [-0.4, -0.2) is 55.7 Å². The maximum atomic E-state index is 14.3. The first kappa shape index (κ1) is 22.3. The van der Waals surface area contributed by atoms with Gasteiger partial charge in [0.25, 0.3) is 0 Å². The Labute approximate surface area is 189 Å². The number of nitrogens with one attached hydrogen (secondary N) is 1. The summed E-state index contributed by atoms with van der Waals surface area (Å²) in [6, 6.07) is 8.11. The van der Waals surface area contributed by atoms with Crippen LogP contribution in [0.4, 0.5) is 16.2 Å². The summed E-state index contributed by atoms with van der Waals surface area (Å²) >= 11 is 0. The van der Waals surface area contributed by atoms with E-state index in [1.54, 1.807) is 4.90 Å². The molecular weight excluding hydrogens is 409 g/mol. The van der Waals surface area contributed by atoms with Gasteiger partial charge in [0.2, 0.25) is 11.9 Å². The van der Waals surface area contributed by atoms with Gasteiger partial charge in [0.15, 0.2) is 11.6 Å². The van der Waals surface area contributed by atoms with E-state index in [1.807, 2.05) is 50.2 Å². The van der Waals surface area contributed by atoms with Crippen LogP contribution in [0, 0.1) is 11.7 Å². The minimum absolute atomic E-state index is 0.0868. The van der Waals surface area contributed by atoms with Crippen LogP contribution in [0.25, 0.3) is 0 Å². The molecule has 1 saturated heterocycles. The van der Waals surface area contributed by atoms with Crippen LogP contribution in [0.1, 0.15) is 44.1 Å². The van der Waals surface area contributed by atoms with E-state index in [4.69, 9.17) is 4.74 Å². The fourth-order valence-corrected chi connectivity index (χ4v) is 4.04. The van der Waals surface area contributed by atoms with Crippen LogP contribution in [0.3, 0.4) is 0 Å². The number of aromatic nitrogens is 2. The summed E-state index contributed by atoms with van der Waals surface area (Å²) < 4.78 is 20.3. The molecule has 1 aliphatic heterocycles. The molecule has 0 radical (unpaired) electrons. The Morgan fingerprint density at radius 1 is 1.28 bits per heavy atom. The van der Waals surface area contributed by atoms with Crippen molar-refractivity contribution in [3.8, 4) is 5.75 Å². The van der Waals surface area contributed by atoms with Crippen LogP contribution < -0.4 is 19.9 Å². The van der Waals surface area contributed by atoms with Gasteiger partial charge in [-0.25, -0.2) is 9.37 Å². The zero-order chi connectivity index (χ0) is 22.7. The summed E-state index contributed by atoms with van der Waals surface area (Å²) in [6.45, 7) is 3.92. The molecule has 32 heavy (non-hydrogen) atoms. The molecule has 1 aromatic heterocycles. The summed E-state index contributed by atoms with van der Waals surface area (Å²) in [6.07, 6.45) is 5.53. The molecule has 1 unspecified atom stereocenters. The summed E-state index contributed by atoms with van der Waals surface area (Å²) in [7, 11) is 3.68. The van der Waals surface area contributed by atoms with Crippen LogP contribution in [0.2, 0.25) is 0 Å². The second kappa shape index (κ2) is 9.71. The van der Waals surface area contributed by atoms with Gasteiger partial charge in [-0.1, -0.05) is 12.1 Å². The van der Waals surface area contributed by atoms with Crippen LogP contribution in [0.15, 0.2) is 30.5 Å². The van der Waals surface area contributed by atoms with Crippen molar-refractivity contribution < 1.29 is 13.9 Å². The topological polar surface area (TPSA) is 70.6 Å². The first-order valence-corrected chi connectivity index (χ1v) is 11.4. The molecule has 7 nitrogen and oxygen atoms in total. The molecule has 8 heteroatoms. The Bertz CT molecular complexity index is 932. The minimum atomic E-state index is -0.400. The Morgan fingerprint density at radius 2 is 2.03 bits per heavy atom. The third-order valence-electron chi connectivity index (χ3n) is 6.41. The van der Waals surface area contributed by atoms with E-state index in [0.29, 0.717) is 36.9 Å². The molecule has 2 heterocycles. The van der Waals surface area contributed by atoms with Crippen molar-refractivity contribution in [1.29, 1.82) is 0 Å². The highest BCUT2D eigenvalue weighted by atomic mass is 19.1. The molecule has 1 aromatic carbocycles. The highest BCUT2D eigenvalue weighted by Crippen LogP contribution is 2.27. The Balaban J connectivity index is 1.28. The molecule has 1 saturated carbocycles. The number of hydrogen-bond donors (Lipinski definition) is 1. The normalized spacial score (nSPS) is 19.4. The molecule has 2 fully saturated rings. The number of halogens is 1. The largest absolute Gasteiger partial charge is 0.493 e. The van der Waals surface area contributed by atoms with E-state index < -0.39 is 5.82 Å². The van der Waals surface area contributed by atoms with Gasteiger partial charge in [-0.05, 0) is 50.3 Å². The maximum absolute atomic E-state index is 14.3. The number of ether oxygens (including phenoxy) is 1. The lowest BCUT2D eigenvalue weighted by Gasteiger charge is -2.27. The Hall–Kier alpha value is -2.90. The van der Waals surface area contributed by atoms with E-state index in [0.717, 1.165) is 37.1 Å². The zero-order valence-electron chi connectivity index (χ0n) is 19.1. The van der Waals surface area contributed by atoms with Gasteiger partial charge >= 0.3 is 0 Å². The summed E-state index contributed by atoms with van der Waals surface area (Å²) in [4.78, 5) is 24.5. The second-order valence-corrected chi connectivity index (χ2v) is 9.07. The Morgan fingerprint density at radius 3 is 2.69 bits per heavy atom. The molecule has 2 aliphatic rings. The molecule has 0 bridgehead atoms. The van der Waals surface area contributed by atoms with Crippen molar-refractivity contribution in [2.24, 2.45) is 5.92 Å². The minimum Gasteiger partial charge on any atom is -0.493 e. The number of benzene rings is 1. The van der Waals surface area contributed by atoms with Crippen molar-refractivity contribution >= 4 is 17.7 Å². The average Bonchev–Trinajstić information content (AvgIpc) is 3.23. The molecule has 1 amide bonds. The molecular formula is C24H32FN5O2. The van der Waals surface area contributed by atoms with E-state index in [-0.39, 0.29) is 11.8 Å². The van der Waals surface area contributed by atoms with Gasteiger partial charge in [-0.15, -0.1) is 0 Å². The number of rotatable bonds is 8. The predicted octanol–water partition coefficient (Wildman–Crippen LogP) is 3.36. The van der Waals surface area contributed by atoms with Crippen molar-refractivity contribution in [3.05, 3.63) is 41.8 Å². The van der Waals surface area contributed by atoms with Crippen molar-refractivity contribution in [3.63, 3.8) is 0 Å². The quantitative estimate of drug-likeness (QED) is 0.678. The third-order valence-corrected chi connectivity index (χ3v) is 6.41. The van der Waals surface area contributed by atoms with Gasteiger partial charge in [0.05, 0.1) is 18.7 Å². The number of carbonyl (C=O) groups excluding carboxylic acids is 1. The van der Waals surface area contributed by atoms with Crippen LogP contribution >= 0.6 is 0 Å². The molecule has 1 aliphatic carbocycles. The van der Waals surface area contributed by atoms with E-state index in [2.05, 4.69) is 15.3 Å². The van der Waals surface area contributed by atoms with Gasteiger partial charge < -0.3 is 19.9 Å². The van der Waals surface area contributed by atoms with E-state index in [1.165, 1.54) is 12.6 Å². The van der Waals surface area contributed by atoms with Crippen LogP contribution in [0.5, 0.6) is 5.75 Å². The number of nitrogens with zero attached hydrogens (tertiary/aromatic N) is 4. The van der Waals surface area contributed by atoms with Crippen molar-refractivity contribution in [2.75, 3.05) is 43.6 Å². The van der Waals surface area contributed by atoms with Gasteiger partial charge in [-0.3, -0.25) is 4.79 Å². The number of hydrogen-bond acceptors (Lipinski definition) is 6. The lowest BCUT2D eigenvalue weighted by atomic mass is 9.91. The van der Waals surface area contributed by atoms with Gasteiger partial charge in [0.1, 0.15) is 5.75 Å². The highest BCUT2D eigenvalue weighted by molar-refractivity contribution is 5.83. The number of anilines is 2. The van der Waals surface area contributed by atoms with Crippen molar-refractivity contribution in [2.45, 2.75) is 44.6 Å². The summed E-state index contributed by atoms with van der Waals surface area (Å²) in [5.41, 5.74) is 0.983. The molecule has 0 spiro atoms. The standard InChI is InChI=1S/C24H32FN5O2/c1-16(23(31)27-19-5-4-6-19)18-7-9-20(10-8-18)32-15-17-11-12-30(14-17)22-21(25)13-26-24(28-22)29(2)3/h7-10,13,16-17,19H,4-6,11-12,14-15H2,1-3H3,(H,27,31)/t16?,17-/m1/s1. The first-order valence-electron chi connectivity index (χ1n) is 11.4. The first-order chi connectivity index (χ1) is 15.4. The lowest BCUT2D eigenvalue weighted by molar-refractivity contribution is -0.123. The summed E-state index contributed by atoms with van der Waals surface area (Å²) in [5, 5.41) is 3.11.